The maximum Gasteiger partial charge on any atom is 0.158 e. The minimum Gasteiger partial charge on any atom is -0.396 e. The van der Waals surface area contributed by atoms with Gasteiger partial charge in [0.05, 0.1) is 0 Å². The van der Waals surface area contributed by atoms with Gasteiger partial charge in [-0.3, -0.25) is 0 Å². The van der Waals surface area contributed by atoms with E-state index in [4.69, 9.17) is 15.2 Å². The first-order valence-corrected chi connectivity index (χ1v) is 7.22. The summed E-state index contributed by atoms with van der Waals surface area (Å²) in [6.07, 6.45) is 5.06. The van der Waals surface area contributed by atoms with Crippen LogP contribution in [0.2, 0.25) is 0 Å². The lowest BCUT2D eigenvalue weighted by Crippen LogP contribution is -2.57. The van der Waals surface area contributed by atoms with E-state index < -0.39 is 0 Å². The van der Waals surface area contributed by atoms with Crippen LogP contribution in [0.15, 0.2) is 0 Å². The van der Waals surface area contributed by atoms with E-state index in [2.05, 4.69) is 12.2 Å². The summed E-state index contributed by atoms with van der Waals surface area (Å²) < 4.78 is 10.5. The fourth-order valence-corrected chi connectivity index (χ4v) is 2.90. The molecule has 0 bridgehead atoms. The molecule has 0 amide bonds. The molecule has 5 nitrogen and oxygen atoms in total. The molecule has 1 aliphatic rings. The number of rotatable bonds is 8. The molecule has 1 saturated carbocycles. The fourth-order valence-electron chi connectivity index (χ4n) is 2.90. The molecule has 1 fully saturated rings. The molecule has 0 aliphatic heterocycles. The molecule has 19 heavy (non-hydrogen) atoms. The van der Waals surface area contributed by atoms with Crippen LogP contribution in [-0.4, -0.2) is 50.3 Å². The number of aliphatic hydroxyl groups is 1. The van der Waals surface area contributed by atoms with Crippen LogP contribution in [0.1, 0.15) is 39.0 Å². The summed E-state index contributed by atoms with van der Waals surface area (Å²) in [6, 6.07) is 0.335. The lowest BCUT2D eigenvalue weighted by molar-refractivity contribution is -0.118. The van der Waals surface area contributed by atoms with E-state index in [1.54, 1.807) is 14.2 Å². The number of hydrogen-bond acceptors (Lipinski definition) is 5. The minimum atomic E-state index is -0.253. The molecule has 1 rings (SSSR count). The average Bonchev–Trinajstić information content (AvgIpc) is 2.45. The second-order valence-corrected chi connectivity index (χ2v) is 5.85. The van der Waals surface area contributed by atoms with Crippen molar-refractivity contribution >= 4 is 0 Å². The zero-order valence-corrected chi connectivity index (χ0v) is 12.5. The van der Waals surface area contributed by atoms with Crippen LogP contribution < -0.4 is 11.1 Å². The van der Waals surface area contributed by atoms with Gasteiger partial charge in [0.15, 0.2) is 6.29 Å². The Hall–Kier alpha value is -0.200. The largest absolute Gasteiger partial charge is 0.396 e. The highest BCUT2D eigenvalue weighted by molar-refractivity contribution is 4.92. The van der Waals surface area contributed by atoms with Crippen molar-refractivity contribution in [1.82, 2.24) is 5.32 Å². The van der Waals surface area contributed by atoms with E-state index in [1.807, 2.05) is 0 Å². The van der Waals surface area contributed by atoms with Crippen molar-refractivity contribution in [3.05, 3.63) is 0 Å². The van der Waals surface area contributed by atoms with Crippen molar-refractivity contribution in [2.75, 3.05) is 27.4 Å². The second-order valence-electron chi connectivity index (χ2n) is 5.85. The van der Waals surface area contributed by atoms with Gasteiger partial charge >= 0.3 is 0 Å². The summed E-state index contributed by atoms with van der Waals surface area (Å²) in [5.41, 5.74) is 5.70. The molecule has 0 aromatic heterocycles. The Kier molecular flexibility index (Phi) is 7.25. The number of nitrogens with two attached hydrogens (primary N) is 1. The lowest BCUT2D eigenvalue weighted by atomic mass is 9.82. The third-order valence-corrected chi connectivity index (χ3v) is 4.27. The monoisotopic (exact) mass is 274 g/mol. The molecule has 0 saturated heterocycles. The Labute approximate surface area is 116 Å². The average molecular weight is 274 g/mol. The molecule has 5 heteroatoms. The van der Waals surface area contributed by atoms with Gasteiger partial charge in [-0.1, -0.05) is 12.8 Å². The van der Waals surface area contributed by atoms with Crippen LogP contribution in [0.3, 0.4) is 0 Å². The fraction of sp³-hybridized carbons (Fsp3) is 1.00. The van der Waals surface area contributed by atoms with E-state index in [0.29, 0.717) is 24.9 Å². The number of nitrogens with one attached hydrogen (secondary N) is 1. The Morgan fingerprint density at radius 3 is 2.47 bits per heavy atom. The van der Waals surface area contributed by atoms with Crippen LogP contribution >= 0.6 is 0 Å². The zero-order valence-electron chi connectivity index (χ0n) is 12.5. The van der Waals surface area contributed by atoms with Crippen molar-refractivity contribution in [2.45, 2.75) is 56.9 Å². The first-order chi connectivity index (χ1) is 9.08. The van der Waals surface area contributed by atoms with Crippen molar-refractivity contribution in [1.29, 1.82) is 0 Å². The molecular weight excluding hydrogens is 244 g/mol. The number of aliphatic hydroxyl groups excluding tert-OH is 1. The summed E-state index contributed by atoms with van der Waals surface area (Å²) >= 11 is 0. The normalized spacial score (nSPS) is 27.5. The first-order valence-electron chi connectivity index (χ1n) is 7.22. The number of hydrogen-bond donors (Lipinski definition) is 3. The topological polar surface area (TPSA) is 76.7 Å². The molecule has 114 valence electrons. The second kappa shape index (κ2) is 8.17. The molecule has 0 aromatic rings. The third kappa shape index (κ3) is 5.00. The zero-order chi connectivity index (χ0) is 14.3. The van der Waals surface area contributed by atoms with E-state index in [1.165, 1.54) is 12.8 Å². The highest BCUT2D eigenvalue weighted by atomic mass is 16.7. The summed E-state index contributed by atoms with van der Waals surface area (Å²) in [5, 5.41) is 13.1. The standard InChI is InChI=1S/C14H30N2O3/c1-14(10-15,8-13(18-2)19-3)16-12-7-5-4-6-11(12)9-17/h11-13,16-17H,4-10,15H2,1-3H3. The van der Waals surface area contributed by atoms with Gasteiger partial charge in [0, 0.05) is 45.4 Å². The Balaban J connectivity index is 2.62. The van der Waals surface area contributed by atoms with Gasteiger partial charge in [-0.25, -0.2) is 0 Å². The van der Waals surface area contributed by atoms with Crippen molar-refractivity contribution < 1.29 is 14.6 Å². The Morgan fingerprint density at radius 1 is 1.32 bits per heavy atom. The maximum atomic E-state index is 9.48. The van der Waals surface area contributed by atoms with E-state index in [0.717, 1.165) is 12.8 Å². The molecule has 0 aromatic carbocycles. The quantitative estimate of drug-likeness (QED) is 0.572. The van der Waals surface area contributed by atoms with E-state index in [9.17, 15) is 5.11 Å². The highest BCUT2D eigenvalue weighted by Gasteiger charge is 2.33. The first kappa shape index (κ1) is 16.9. The molecule has 1 aliphatic carbocycles. The summed E-state index contributed by atoms with van der Waals surface area (Å²) in [5.74, 6) is 0.336. The predicted octanol–water partition coefficient (Wildman–Crippen LogP) is 0.854. The van der Waals surface area contributed by atoms with Gasteiger partial charge in [-0.15, -0.1) is 0 Å². The van der Waals surface area contributed by atoms with Gasteiger partial charge < -0.3 is 25.6 Å². The van der Waals surface area contributed by atoms with Crippen LogP contribution in [0.25, 0.3) is 0 Å². The smallest absolute Gasteiger partial charge is 0.158 e. The van der Waals surface area contributed by atoms with Crippen LogP contribution in [0.4, 0.5) is 0 Å². The lowest BCUT2D eigenvalue weighted by Gasteiger charge is -2.40. The molecule has 0 heterocycles. The van der Waals surface area contributed by atoms with Crippen molar-refractivity contribution in [2.24, 2.45) is 11.7 Å². The Bertz CT molecular complexity index is 249. The van der Waals surface area contributed by atoms with Gasteiger partial charge in [0.2, 0.25) is 0 Å². The van der Waals surface area contributed by atoms with E-state index >= 15 is 0 Å². The van der Waals surface area contributed by atoms with Crippen LogP contribution in [0, 0.1) is 5.92 Å². The SMILES string of the molecule is COC(CC(C)(CN)NC1CCCCC1CO)OC. The highest BCUT2D eigenvalue weighted by Crippen LogP contribution is 2.27. The summed E-state index contributed by atoms with van der Waals surface area (Å²) in [7, 11) is 3.28. The molecule has 0 spiro atoms. The minimum absolute atomic E-state index is 0.230. The molecular formula is C14H30N2O3. The van der Waals surface area contributed by atoms with Crippen LogP contribution in [0.5, 0.6) is 0 Å². The summed E-state index contributed by atoms with van der Waals surface area (Å²) in [4.78, 5) is 0. The van der Waals surface area contributed by atoms with Gasteiger partial charge in [-0.2, -0.15) is 0 Å². The Morgan fingerprint density at radius 2 is 1.95 bits per heavy atom. The van der Waals surface area contributed by atoms with E-state index in [-0.39, 0.29) is 18.4 Å². The maximum absolute atomic E-state index is 9.48. The van der Waals surface area contributed by atoms with Gasteiger partial charge in [0.25, 0.3) is 0 Å². The van der Waals surface area contributed by atoms with Gasteiger partial charge in [0.1, 0.15) is 0 Å². The molecule has 3 atom stereocenters. The molecule has 4 N–H and O–H groups in total. The molecule has 0 radical (unpaired) electrons. The third-order valence-electron chi connectivity index (χ3n) is 4.27. The predicted molar refractivity (Wildman–Crippen MR) is 75.8 cm³/mol. The van der Waals surface area contributed by atoms with Gasteiger partial charge in [-0.05, 0) is 25.7 Å². The van der Waals surface area contributed by atoms with Crippen LogP contribution in [-0.2, 0) is 9.47 Å². The number of ether oxygens (including phenoxy) is 2. The number of methoxy groups -OCH3 is 2. The van der Waals surface area contributed by atoms with Crippen molar-refractivity contribution in [3.8, 4) is 0 Å². The molecule has 3 unspecified atom stereocenters. The van der Waals surface area contributed by atoms with Crippen molar-refractivity contribution in [3.63, 3.8) is 0 Å². The summed E-state index contributed by atoms with van der Waals surface area (Å²) in [6.45, 7) is 2.86.